The minimum Gasteiger partial charge on any atom is -0.491 e. The van der Waals surface area contributed by atoms with Crippen LogP contribution in [0.1, 0.15) is 51.9 Å². The highest BCUT2D eigenvalue weighted by atomic mass is 31.2. The molecule has 9 heteroatoms. The highest BCUT2D eigenvalue weighted by Gasteiger charge is 2.30. The maximum atomic E-state index is 14.9. The van der Waals surface area contributed by atoms with Crippen LogP contribution >= 0.6 is 7.60 Å². The largest absolute Gasteiger partial charge is 0.491 e. The number of anilines is 1. The number of amides is 1. The molecule has 0 heterocycles. The van der Waals surface area contributed by atoms with E-state index >= 15 is 0 Å². The fourth-order valence-corrected chi connectivity index (χ4v) is 5.34. The average Bonchev–Trinajstić information content (AvgIpc) is 2.82. The van der Waals surface area contributed by atoms with Crippen molar-refractivity contribution in [3.63, 3.8) is 0 Å². The molecule has 0 fully saturated rings. The fourth-order valence-electron chi connectivity index (χ4n) is 3.42. The predicted molar refractivity (Wildman–Crippen MR) is 143 cm³/mol. The summed E-state index contributed by atoms with van der Waals surface area (Å²) in [6, 6.07) is 19.0. The number of ether oxygens (including phenoxy) is 2. The Morgan fingerprint density at radius 2 is 1.32 bits per heavy atom. The van der Waals surface area contributed by atoms with Gasteiger partial charge in [0.2, 0.25) is 0 Å². The Labute approximate surface area is 217 Å². The lowest BCUT2D eigenvalue weighted by Gasteiger charge is -2.23. The molecule has 0 unspecified atom stereocenters. The third-order valence-electron chi connectivity index (χ3n) is 4.75. The average molecular weight is 530 g/mol. The molecule has 0 aliphatic heterocycles. The zero-order valence-corrected chi connectivity index (χ0v) is 22.8. The first-order valence-corrected chi connectivity index (χ1v) is 13.6. The lowest BCUT2D eigenvalue weighted by atomic mass is 10.1. The van der Waals surface area contributed by atoms with E-state index in [4.69, 9.17) is 18.5 Å². The maximum absolute atomic E-state index is 14.9. The molecule has 0 atom stereocenters. The Morgan fingerprint density at radius 3 is 1.86 bits per heavy atom. The zero-order chi connectivity index (χ0) is 27.2. The van der Waals surface area contributed by atoms with Gasteiger partial charge in [-0.25, -0.2) is 0 Å². The van der Waals surface area contributed by atoms with Crippen molar-refractivity contribution < 1.29 is 32.4 Å². The molecule has 0 saturated heterocycles. The minimum atomic E-state index is -3.54. The van der Waals surface area contributed by atoms with Crippen molar-refractivity contribution >= 4 is 24.5 Å². The van der Waals surface area contributed by atoms with Gasteiger partial charge < -0.3 is 18.5 Å². The van der Waals surface area contributed by atoms with Gasteiger partial charge in [0, 0.05) is 11.6 Å². The molecular formula is C28H33FNO6P. The molecule has 198 valence electrons. The summed E-state index contributed by atoms with van der Waals surface area (Å²) in [4.78, 5) is 12.9. The van der Waals surface area contributed by atoms with Gasteiger partial charge in [0.1, 0.15) is 17.2 Å². The summed E-state index contributed by atoms with van der Waals surface area (Å²) in [5.74, 6) is 0.174. The molecule has 3 aromatic rings. The molecule has 1 amide bonds. The third kappa shape index (κ3) is 7.89. The Hall–Kier alpha value is -3.19. The second kappa shape index (κ2) is 12.4. The summed E-state index contributed by atoms with van der Waals surface area (Å²) in [5.41, 5.74) is 0.161. The summed E-state index contributed by atoms with van der Waals surface area (Å²) < 4.78 is 51.2. The van der Waals surface area contributed by atoms with Crippen molar-refractivity contribution in [2.24, 2.45) is 0 Å². The van der Waals surface area contributed by atoms with E-state index in [1.807, 2.05) is 13.8 Å². The topological polar surface area (TPSA) is 74.3 Å². The van der Waals surface area contributed by atoms with E-state index in [1.54, 1.807) is 76.2 Å². The SMILES string of the molecule is CC(C)Oc1cc(Oc2ccc(P(=O)(OC(C)C)OC(C)C)cc2)cc(C(=O)N(F)c2ccccc2)c1. The van der Waals surface area contributed by atoms with Crippen LogP contribution in [0.3, 0.4) is 0 Å². The van der Waals surface area contributed by atoms with E-state index in [-0.39, 0.29) is 40.4 Å². The van der Waals surface area contributed by atoms with Crippen LogP contribution in [0.5, 0.6) is 17.2 Å². The Kier molecular flexibility index (Phi) is 9.49. The van der Waals surface area contributed by atoms with Crippen molar-refractivity contribution in [1.82, 2.24) is 0 Å². The predicted octanol–water partition coefficient (Wildman–Crippen LogP) is 7.47. The van der Waals surface area contributed by atoms with E-state index in [9.17, 15) is 13.8 Å². The van der Waals surface area contributed by atoms with E-state index in [1.165, 1.54) is 24.3 Å². The molecule has 0 N–H and O–H groups in total. The Balaban J connectivity index is 1.89. The van der Waals surface area contributed by atoms with Gasteiger partial charge in [-0.3, -0.25) is 9.36 Å². The molecule has 0 radical (unpaired) electrons. The second-order valence-electron chi connectivity index (χ2n) is 9.18. The Morgan fingerprint density at radius 1 is 0.757 bits per heavy atom. The zero-order valence-electron chi connectivity index (χ0n) is 21.9. The van der Waals surface area contributed by atoms with E-state index in [2.05, 4.69) is 0 Å². The van der Waals surface area contributed by atoms with E-state index in [0.717, 1.165) is 0 Å². The van der Waals surface area contributed by atoms with Crippen LogP contribution in [0, 0.1) is 0 Å². The van der Waals surface area contributed by atoms with Gasteiger partial charge >= 0.3 is 7.60 Å². The van der Waals surface area contributed by atoms with Gasteiger partial charge in [0.05, 0.1) is 29.3 Å². The lowest BCUT2D eigenvalue weighted by molar-refractivity contribution is 0.0930. The summed E-state index contributed by atoms with van der Waals surface area (Å²) >= 11 is 0. The number of carbonyl (C=O) groups excluding carboxylic acids is 1. The number of hydrogen-bond acceptors (Lipinski definition) is 6. The van der Waals surface area contributed by atoms with E-state index < -0.39 is 13.5 Å². The third-order valence-corrected chi connectivity index (χ3v) is 7.08. The van der Waals surface area contributed by atoms with Crippen molar-refractivity contribution in [2.45, 2.75) is 59.9 Å². The minimum absolute atomic E-state index is 0.0521. The highest BCUT2D eigenvalue weighted by molar-refractivity contribution is 7.62. The first-order valence-electron chi connectivity index (χ1n) is 12.1. The van der Waals surface area contributed by atoms with Gasteiger partial charge in [-0.15, -0.1) is 5.12 Å². The van der Waals surface area contributed by atoms with Gasteiger partial charge in [-0.1, -0.05) is 22.7 Å². The van der Waals surface area contributed by atoms with Crippen molar-refractivity contribution in [3.8, 4) is 17.2 Å². The standard InChI is InChI=1S/C28H33FNO6P/c1-19(2)33-25-16-22(28(31)30(29)23-10-8-7-9-11-23)17-26(18-25)34-24-12-14-27(15-13-24)37(32,35-20(3)4)36-21(5)6/h7-21H,1-6H3. The van der Waals surface area contributed by atoms with Crippen molar-refractivity contribution in [2.75, 3.05) is 5.12 Å². The van der Waals surface area contributed by atoms with Crippen molar-refractivity contribution in [1.29, 1.82) is 0 Å². The number of nitrogens with zero attached hydrogens (tertiary/aromatic N) is 1. The van der Waals surface area contributed by atoms with Gasteiger partial charge in [0.15, 0.2) is 0 Å². The molecule has 0 bridgehead atoms. The number of halogens is 1. The first kappa shape index (κ1) is 28.4. The molecule has 7 nitrogen and oxygen atoms in total. The van der Waals surface area contributed by atoms with Crippen LogP contribution in [0.4, 0.5) is 10.2 Å². The lowest BCUT2D eigenvalue weighted by Crippen LogP contribution is -2.22. The molecule has 0 aliphatic carbocycles. The smallest absolute Gasteiger partial charge is 0.361 e. The van der Waals surface area contributed by atoms with Gasteiger partial charge in [0.25, 0.3) is 5.91 Å². The number of hydrogen-bond donors (Lipinski definition) is 0. The number of rotatable bonds is 11. The van der Waals surface area contributed by atoms with Crippen LogP contribution in [0.15, 0.2) is 72.8 Å². The second-order valence-corrected chi connectivity index (χ2v) is 11.1. The molecule has 0 aliphatic rings. The normalized spacial score (nSPS) is 11.7. The van der Waals surface area contributed by atoms with Crippen LogP contribution < -0.4 is 19.9 Å². The molecule has 0 saturated carbocycles. The van der Waals surface area contributed by atoms with Gasteiger partial charge in [-0.05, 0) is 90.1 Å². The molecule has 0 spiro atoms. The monoisotopic (exact) mass is 529 g/mol. The van der Waals surface area contributed by atoms with Crippen LogP contribution in [-0.2, 0) is 13.6 Å². The van der Waals surface area contributed by atoms with Crippen molar-refractivity contribution in [3.05, 3.63) is 78.4 Å². The number of carbonyl (C=O) groups is 1. The molecular weight excluding hydrogens is 496 g/mol. The summed E-state index contributed by atoms with van der Waals surface area (Å²) in [7, 11) is -3.54. The fraction of sp³-hybridized carbons (Fsp3) is 0.321. The van der Waals surface area contributed by atoms with Gasteiger partial charge in [-0.2, -0.15) is 0 Å². The summed E-state index contributed by atoms with van der Waals surface area (Å²) in [6.45, 7) is 10.8. The van der Waals surface area contributed by atoms with Crippen LogP contribution in [0.2, 0.25) is 0 Å². The molecule has 0 aromatic heterocycles. The quantitative estimate of drug-likeness (QED) is 0.190. The first-order chi connectivity index (χ1) is 17.5. The number of benzene rings is 3. The summed E-state index contributed by atoms with van der Waals surface area (Å²) in [5, 5.41) is 0.472. The maximum Gasteiger partial charge on any atom is 0.361 e. The number of para-hydroxylation sites is 1. The molecule has 3 rings (SSSR count). The molecule has 3 aromatic carbocycles. The van der Waals surface area contributed by atoms with E-state index in [0.29, 0.717) is 16.8 Å². The van der Waals surface area contributed by atoms with Crippen LogP contribution in [-0.4, -0.2) is 24.2 Å². The summed E-state index contributed by atoms with van der Waals surface area (Å²) in [6.07, 6.45) is -0.776. The van der Waals surface area contributed by atoms with Crippen LogP contribution in [0.25, 0.3) is 0 Å². The highest BCUT2D eigenvalue weighted by Crippen LogP contribution is 2.49. The Bertz CT molecular complexity index is 1220. The molecule has 37 heavy (non-hydrogen) atoms.